The van der Waals surface area contributed by atoms with Crippen LogP contribution in [0.2, 0.25) is 5.02 Å². The molecule has 3 atom stereocenters. The maximum atomic E-state index is 13.8. The van der Waals surface area contributed by atoms with Gasteiger partial charge < -0.3 is 20.4 Å². The highest BCUT2D eigenvalue weighted by Gasteiger charge is 2.46. The van der Waals surface area contributed by atoms with E-state index in [9.17, 15) is 9.59 Å². The van der Waals surface area contributed by atoms with Crippen LogP contribution < -0.4 is 10.6 Å². The summed E-state index contributed by atoms with van der Waals surface area (Å²) in [6.45, 7) is 6.83. The van der Waals surface area contributed by atoms with Crippen molar-refractivity contribution in [3.05, 3.63) is 64.4 Å². The summed E-state index contributed by atoms with van der Waals surface area (Å²) in [7, 11) is 1.60. The normalized spacial score (nSPS) is 19.3. The van der Waals surface area contributed by atoms with Gasteiger partial charge in [0, 0.05) is 25.1 Å². The predicted molar refractivity (Wildman–Crippen MR) is 159 cm³/mol. The second-order valence-electron chi connectivity index (χ2n) is 12.2. The summed E-state index contributed by atoms with van der Waals surface area (Å²) in [5, 5.41) is 6.73. The van der Waals surface area contributed by atoms with Crippen LogP contribution in [0.3, 0.4) is 0 Å². The van der Waals surface area contributed by atoms with Gasteiger partial charge in [-0.15, -0.1) is 0 Å². The van der Waals surface area contributed by atoms with E-state index < -0.39 is 11.5 Å². The summed E-state index contributed by atoms with van der Waals surface area (Å²) in [5.74, 6) is 1.07. The topological polar surface area (TPSA) is 96.1 Å². The van der Waals surface area contributed by atoms with Crippen molar-refractivity contribution >= 4 is 34.4 Å². The number of fused-ring (bicyclic) bond motifs is 1. The molecule has 2 aliphatic rings. The summed E-state index contributed by atoms with van der Waals surface area (Å²) in [6, 6.07) is 13.5. The number of ether oxygens (including phenoxy) is 1. The number of halogens is 1. The lowest BCUT2D eigenvalue weighted by Crippen LogP contribution is -2.57. The van der Waals surface area contributed by atoms with Crippen LogP contribution in [0.15, 0.2) is 42.5 Å². The Balaban J connectivity index is 1.41. The molecule has 8 heteroatoms. The van der Waals surface area contributed by atoms with Gasteiger partial charge in [0.15, 0.2) is 0 Å². The fourth-order valence-electron chi connectivity index (χ4n) is 6.06. The lowest BCUT2D eigenvalue weighted by atomic mass is 9.77. The minimum atomic E-state index is -0.979. The van der Waals surface area contributed by atoms with E-state index in [1.165, 1.54) is 18.4 Å². The second-order valence-corrected chi connectivity index (χ2v) is 12.6. The van der Waals surface area contributed by atoms with Gasteiger partial charge in [0.25, 0.3) is 0 Å². The highest BCUT2D eigenvalue weighted by atomic mass is 35.5. The minimum absolute atomic E-state index is 0.118. The Morgan fingerprint density at radius 1 is 1.23 bits per heavy atom. The third-order valence-corrected chi connectivity index (χ3v) is 9.41. The van der Waals surface area contributed by atoms with Gasteiger partial charge in [-0.3, -0.25) is 9.59 Å². The summed E-state index contributed by atoms with van der Waals surface area (Å²) in [4.78, 5) is 35.1. The number of benzene rings is 2. The average Bonchev–Trinajstić information content (AvgIpc) is 3.50. The zero-order valence-electron chi connectivity index (χ0n) is 24.0. The molecule has 3 aromatic rings. The van der Waals surface area contributed by atoms with Gasteiger partial charge in [-0.05, 0) is 92.2 Å². The lowest BCUT2D eigenvalue weighted by molar-refractivity contribution is -0.135. The molecule has 0 saturated heterocycles. The highest BCUT2D eigenvalue weighted by Crippen LogP contribution is 2.56. The standard InChI is InChI=1S/C32H41ClN4O3/c1-5-34-29(38)28(20-8-6-9-20)37-30(39)32(3,19-40-4)22-12-13-25-26(17-22)36-27(35-25)18-24(31(2)14-15-31)21-10-7-11-23(33)16-21/h7,10-13,16-17,20,24,28H,5-6,8-9,14-15,18-19H2,1-4H3,(H,34,38)(H,35,36)(H,37,39). The average molecular weight is 565 g/mol. The smallest absolute Gasteiger partial charge is 0.242 e. The number of amides is 2. The van der Waals surface area contributed by atoms with Gasteiger partial charge in [-0.1, -0.05) is 43.1 Å². The van der Waals surface area contributed by atoms with Gasteiger partial charge in [-0.25, -0.2) is 4.98 Å². The zero-order chi connectivity index (χ0) is 28.5. The number of aromatic amines is 1. The number of hydrogen-bond acceptors (Lipinski definition) is 4. The van der Waals surface area contributed by atoms with Crippen molar-refractivity contribution in [2.45, 2.75) is 76.7 Å². The van der Waals surface area contributed by atoms with Crippen LogP contribution in [0, 0.1) is 11.3 Å². The monoisotopic (exact) mass is 564 g/mol. The molecule has 3 N–H and O–H groups in total. The van der Waals surface area contributed by atoms with Gasteiger partial charge in [0.2, 0.25) is 11.8 Å². The summed E-state index contributed by atoms with van der Waals surface area (Å²) in [6.07, 6.45) is 6.14. The maximum absolute atomic E-state index is 13.8. The van der Waals surface area contributed by atoms with E-state index in [4.69, 9.17) is 21.3 Å². The molecule has 2 fully saturated rings. The molecule has 0 bridgehead atoms. The Hall–Kier alpha value is -2.90. The van der Waals surface area contributed by atoms with Gasteiger partial charge in [0.1, 0.15) is 11.9 Å². The first-order chi connectivity index (χ1) is 19.2. The van der Waals surface area contributed by atoms with Crippen LogP contribution in [-0.2, 0) is 26.2 Å². The fourth-order valence-corrected chi connectivity index (χ4v) is 6.25. The molecule has 2 amide bonds. The quantitative estimate of drug-likeness (QED) is 0.264. The molecule has 0 aliphatic heterocycles. The molecule has 2 aliphatic carbocycles. The second kappa shape index (κ2) is 11.5. The van der Waals surface area contributed by atoms with E-state index in [1.54, 1.807) is 7.11 Å². The number of nitrogens with one attached hydrogen (secondary N) is 3. The van der Waals surface area contributed by atoms with Crippen molar-refractivity contribution in [3.8, 4) is 0 Å². The summed E-state index contributed by atoms with van der Waals surface area (Å²) in [5.41, 5.74) is 3.06. The largest absolute Gasteiger partial charge is 0.383 e. The molecular formula is C32H41ClN4O3. The first kappa shape index (κ1) is 28.6. The van der Waals surface area contributed by atoms with E-state index in [0.29, 0.717) is 12.5 Å². The number of hydrogen-bond donors (Lipinski definition) is 3. The fraction of sp³-hybridized carbons (Fsp3) is 0.531. The lowest BCUT2D eigenvalue weighted by Gasteiger charge is -2.36. The maximum Gasteiger partial charge on any atom is 0.242 e. The first-order valence-electron chi connectivity index (χ1n) is 14.5. The van der Waals surface area contributed by atoms with E-state index >= 15 is 0 Å². The molecule has 1 aromatic heterocycles. The van der Waals surface area contributed by atoms with Crippen molar-refractivity contribution in [1.82, 2.24) is 20.6 Å². The van der Waals surface area contributed by atoms with Crippen molar-refractivity contribution in [3.63, 3.8) is 0 Å². The van der Waals surface area contributed by atoms with Crippen LogP contribution in [0.4, 0.5) is 0 Å². The minimum Gasteiger partial charge on any atom is -0.383 e. The molecule has 7 nitrogen and oxygen atoms in total. The van der Waals surface area contributed by atoms with E-state index in [-0.39, 0.29) is 29.8 Å². The van der Waals surface area contributed by atoms with E-state index in [1.807, 2.05) is 44.2 Å². The molecule has 2 aromatic carbocycles. The number of carbonyl (C=O) groups excluding carboxylic acids is 2. The Kier molecular flexibility index (Phi) is 8.25. The van der Waals surface area contributed by atoms with Crippen LogP contribution in [0.5, 0.6) is 0 Å². The van der Waals surface area contributed by atoms with E-state index in [2.05, 4.69) is 34.7 Å². The van der Waals surface area contributed by atoms with Crippen molar-refractivity contribution in [2.75, 3.05) is 20.3 Å². The first-order valence-corrected chi connectivity index (χ1v) is 14.9. The number of imidazole rings is 1. The van der Waals surface area contributed by atoms with Crippen LogP contribution in [0.1, 0.15) is 75.7 Å². The number of rotatable bonds is 12. The number of H-pyrrole nitrogens is 1. The highest BCUT2D eigenvalue weighted by molar-refractivity contribution is 6.30. The number of nitrogens with zero attached hydrogens (tertiary/aromatic N) is 1. The molecule has 5 rings (SSSR count). The number of likely N-dealkylation sites (N-methyl/N-ethyl adjacent to an activating group) is 1. The van der Waals surface area contributed by atoms with Crippen LogP contribution >= 0.6 is 11.6 Å². The zero-order valence-corrected chi connectivity index (χ0v) is 24.7. The Labute approximate surface area is 241 Å². The number of carbonyl (C=O) groups is 2. The van der Waals surface area contributed by atoms with Crippen molar-refractivity contribution in [1.29, 1.82) is 0 Å². The van der Waals surface area contributed by atoms with Crippen molar-refractivity contribution < 1.29 is 14.3 Å². The SMILES string of the molecule is CCNC(=O)C(NC(=O)C(C)(COC)c1ccc2nc(CC(c3cccc(Cl)c3)C3(C)CC3)[nH]c2c1)C1CCC1. The van der Waals surface area contributed by atoms with E-state index in [0.717, 1.165) is 53.1 Å². The molecule has 1 heterocycles. The van der Waals surface area contributed by atoms with Gasteiger partial charge >= 0.3 is 0 Å². The summed E-state index contributed by atoms with van der Waals surface area (Å²) >= 11 is 6.34. The third kappa shape index (κ3) is 5.77. The third-order valence-electron chi connectivity index (χ3n) is 9.17. The molecule has 0 radical (unpaired) electrons. The van der Waals surface area contributed by atoms with Crippen LogP contribution in [0.25, 0.3) is 11.0 Å². The molecule has 40 heavy (non-hydrogen) atoms. The van der Waals surface area contributed by atoms with Crippen LogP contribution in [-0.4, -0.2) is 48.1 Å². The predicted octanol–water partition coefficient (Wildman–Crippen LogP) is 5.67. The molecule has 2 saturated carbocycles. The van der Waals surface area contributed by atoms with Gasteiger partial charge in [-0.2, -0.15) is 0 Å². The summed E-state index contributed by atoms with van der Waals surface area (Å²) < 4.78 is 5.55. The Morgan fingerprint density at radius 3 is 2.62 bits per heavy atom. The Morgan fingerprint density at radius 2 is 2.00 bits per heavy atom. The molecule has 0 spiro atoms. The van der Waals surface area contributed by atoms with Crippen molar-refractivity contribution in [2.24, 2.45) is 11.3 Å². The molecule has 214 valence electrons. The molecular weight excluding hydrogens is 524 g/mol. The Bertz CT molecular complexity index is 1380. The number of methoxy groups -OCH3 is 1. The van der Waals surface area contributed by atoms with Gasteiger partial charge in [0.05, 0.1) is 23.1 Å². The molecule has 3 unspecified atom stereocenters. The number of aromatic nitrogens is 2.